The van der Waals surface area contributed by atoms with E-state index in [0.717, 1.165) is 17.2 Å². The summed E-state index contributed by atoms with van der Waals surface area (Å²) in [5.74, 6) is -1.75. The van der Waals surface area contributed by atoms with E-state index in [4.69, 9.17) is 28.4 Å². The summed E-state index contributed by atoms with van der Waals surface area (Å²) < 4.78 is 33.8. The fraction of sp³-hybridized carbons (Fsp3) is 0.429. The van der Waals surface area contributed by atoms with E-state index >= 15 is 0 Å². The highest BCUT2D eigenvalue weighted by Gasteiger charge is 2.52. The minimum absolute atomic E-state index is 0.0304. The molecule has 9 atom stereocenters. The standard InChI is InChI=1S/C35H39NO13/c1-4-19-21-13-23-20-14-25(39)27(45-3)12-18(20)9-10-36(23)33(43)22(21)16-46-34(19)49-35-32(31(42)30(41)28(15-37)47-35)48-29(40)8-6-17-5-7-24(38)26(11-17)44-2/h4-8,11-12,14,16,19,21,23,28,30-32,34-35,37-39,41-42H,1,9-10,13,15H2,2-3H3. The maximum absolute atomic E-state index is 13.7. The van der Waals surface area contributed by atoms with Gasteiger partial charge in [0.15, 0.2) is 29.1 Å². The number of nitrogens with zero attached hydrogens (tertiary/aromatic N) is 1. The van der Waals surface area contributed by atoms with Crippen molar-refractivity contribution in [2.45, 2.75) is 55.9 Å². The second-order valence-electron chi connectivity index (χ2n) is 12.2. The summed E-state index contributed by atoms with van der Waals surface area (Å²) in [7, 11) is 2.86. The molecule has 262 valence electrons. The molecule has 2 saturated heterocycles. The van der Waals surface area contributed by atoms with Crippen LogP contribution in [0.2, 0.25) is 0 Å². The molecule has 2 aromatic rings. The Bertz CT molecular complexity index is 1660. The van der Waals surface area contributed by atoms with E-state index < -0.39 is 61.4 Å². The highest BCUT2D eigenvalue weighted by molar-refractivity contribution is 5.95. The van der Waals surface area contributed by atoms with Crippen LogP contribution in [-0.4, -0.2) is 107 Å². The molecular weight excluding hydrogens is 642 g/mol. The van der Waals surface area contributed by atoms with E-state index in [1.165, 1.54) is 38.7 Å². The Balaban J connectivity index is 1.23. The number of benzene rings is 2. The summed E-state index contributed by atoms with van der Waals surface area (Å²) in [4.78, 5) is 28.4. The molecule has 6 rings (SSSR count). The highest BCUT2D eigenvalue weighted by Crippen LogP contribution is 2.49. The smallest absolute Gasteiger partial charge is 0.331 e. The predicted octanol–water partition coefficient (Wildman–Crippen LogP) is 1.68. The van der Waals surface area contributed by atoms with Crippen molar-refractivity contribution in [2.75, 3.05) is 27.4 Å². The van der Waals surface area contributed by atoms with E-state index in [2.05, 4.69) is 6.58 Å². The Kier molecular flexibility index (Phi) is 9.86. The number of aliphatic hydroxyl groups excluding tert-OH is 3. The number of esters is 1. The van der Waals surface area contributed by atoms with Crippen LogP contribution in [0.5, 0.6) is 23.0 Å². The van der Waals surface area contributed by atoms with Crippen molar-refractivity contribution in [2.24, 2.45) is 11.8 Å². The van der Waals surface area contributed by atoms with Crippen LogP contribution >= 0.6 is 0 Å². The Labute approximate surface area is 282 Å². The molecule has 0 saturated carbocycles. The number of aromatic hydroxyl groups is 2. The molecule has 0 aliphatic carbocycles. The number of phenolic OH excluding ortho intramolecular Hbond substituents is 2. The van der Waals surface area contributed by atoms with Gasteiger partial charge in [-0.3, -0.25) is 4.79 Å². The van der Waals surface area contributed by atoms with Crippen LogP contribution in [0.25, 0.3) is 6.08 Å². The van der Waals surface area contributed by atoms with E-state index in [9.17, 15) is 35.1 Å². The summed E-state index contributed by atoms with van der Waals surface area (Å²) in [6, 6.07) is 7.49. The van der Waals surface area contributed by atoms with Crippen molar-refractivity contribution < 1.29 is 63.5 Å². The molecule has 2 aromatic carbocycles. The summed E-state index contributed by atoms with van der Waals surface area (Å²) in [5, 5.41) is 51.8. The summed E-state index contributed by atoms with van der Waals surface area (Å²) >= 11 is 0. The van der Waals surface area contributed by atoms with Gasteiger partial charge < -0.3 is 58.9 Å². The van der Waals surface area contributed by atoms with Crippen molar-refractivity contribution in [1.82, 2.24) is 4.90 Å². The molecule has 0 radical (unpaired) electrons. The third-order valence-electron chi connectivity index (χ3n) is 9.52. The minimum Gasteiger partial charge on any atom is -0.504 e. The van der Waals surface area contributed by atoms with Crippen molar-refractivity contribution in [3.8, 4) is 23.0 Å². The average Bonchev–Trinajstić information content (AvgIpc) is 3.10. The van der Waals surface area contributed by atoms with E-state index in [1.54, 1.807) is 29.2 Å². The zero-order valence-corrected chi connectivity index (χ0v) is 26.9. The molecular formula is C35H39NO13. The molecule has 1 amide bonds. The first-order valence-corrected chi connectivity index (χ1v) is 15.8. The van der Waals surface area contributed by atoms with Gasteiger partial charge in [-0.15, -0.1) is 6.58 Å². The van der Waals surface area contributed by atoms with Gasteiger partial charge in [0.25, 0.3) is 5.91 Å². The van der Waals surface area contributed by atoms with Crippen LogP contribution in [0.1, 0.15) is 29.2 Å². The Morgan fingerprint density at radius 3 is 2.53 bits per heavy atom. The van der Waals surface area contributed by atoms with Gasteiger partial charge in [0.1, 0.15) is 18.3 Å². The van der Waals surface area contributed by atoms with Crippen molar-refractivity contribution in [3.05, 3.63) is 77.6 Å². The first-order chi connectivity index (χ1) is 23.6. The first-order valence-electron chi connectivity index (χ1n) is 15.8. The SMILES string of the molecule is C=CC1C(OC2OC(CO)C(O)C(O)C2OC(=O)C=Cc2ccc(O)c(OC)c2)OC=C2C(=O)N3CCc4cc(OC)c(O)cc4C3CC21. The minimum atomic E-state index is -1.72. The summed E-state index contributed by atoms with van der Waals surface area (Å²) in [6.07, 6.45) is -2.38. The number of amides is 1. The number of piperidine rings is 1. The van der Waals surface area contributed by atoms with E-state index in [-0.39, 0.29) is 29.2 Å². The topological polar surface area (TPSA) is 194 Å². The van der Waals surface area contributed by atoms with Crippen LogP contribution in [0.3, 0.4) is 0 Å². The molecule has 14 nitrogen and oxygen atoms in total. The largest absolute Gasteiger partial charge is 0.504 e. The lowest BCUT2D eigenvalue weighted by atomic mass is 9.73. The number of ether oxygens (including phenoxy) is 6. The number of hydrogen-bond acceptors (Lipinski definition) is 13. The van der Waals surface area contributed by atoms with Crippen LogP contribution in [0.4, 0.5) is 0 Å². The monoisotopic (exact) mass is 681 g/mol. The number of fused-ring (bicyclic) bond motifs is 4. The molecule has 0 spiro atoms. The zero-order valence-electron chi connectivity index (χ0n) is 26.9. The summed E-state index contributed by atoms with van der Waals surface area (Å²) in [5.41, 5.74) is 2.71. The van der Waals surface area contributed by atoms with Gasteiger partial charge in [0.05, 0.1) is 38.7 Å². The molecule has 5 N–H and O–H groups in total. The number of hydrogen-bond donors (Lipinski definition) is 5. The third kappa shape index (κ3) is 6.45. The molecule has 14 heteroatoms. The second kappa shape index (κ2) is 14.1. The molecule has 2 fully saturated rings. The van der Waals surface area contributed by atoms with Crippen LogP contribution < -0.4 is 9.47 Å². The molecule has 0 bridgehead atoms. The average molecular weight is 682 g/mol. The molecule has 49 heavy (non-hydrogen) atoms. The van der Waals surface area contributed by atoms with Crippen LogP contribution in [0, 0.1) is 11.8 Å². The molecule has 4 aliphatic rings. The van der Waals surface area contributed by atoms with Gasteiger partial charge in [0.2, 0.25) is 12.6 Å². The van der Waals surface area contributed by atoms with Crippen molar-refractivity contribution in [3.63, 3.8) is 0 Å². The molecule has 9 unspecified atom stereocenters. The summed E-state index contributed by atoms with van der Waals surface area (Å²) in [6.45, 7) is 3.76. The fourth-order valence-electron chi connectivity index (χ4n) is 6.95. The molecule has 4 aliphatic heterocycles. The van der Waals surface area contributed by atoms with Gasteiger partial charge in [0, 0.05) is 24.5 Å². The van der Waals surface area contributed by atoms with Gasteiger partial charge in [-0.05, 0) is 59.9 Å². The number of phenols is 2. The Morgan fingerprint density at radius 2 is 1.82 bits per heavy atom. The maximum atomic E-state index is 13.7. The van der Waals surface area contributed by atoms with Gasteiger partial charge in [-0.2, -0.15) is 0 Å². The number of rotatable bonds is 9. The van der Waals surface area contributed by atoms with Crippen molar-refractivity contribution >= 4 is 18.0 Å². The number of carbonyl (C=O) groups excluding carboxylic acids is 2. The van der Waals surface area contributed by atoms with E-state index in [0.29, 0.717) is 36.3 Å². The number of carbonyl (C=O) groups is 2. The lowest BCUT2D eigenvalue weighted by molar-refractivity contribution is -0.340. The van der Waals surface area contributed by atoms with Gasteiger partial charge in [-0.1, -0.05) is 12.1 Å². The zero-order chi connectivity index (χ0) is 35.0. The van der Waals surface area contributed by atoms with Crippen LogP contribution in [-0.2, 0) is 35.0 Å². The van der Waals surface area contributed by atoms with Crippen molar-refractivity contribution in [1.29, 1.82) is 0 Å². The van der Waals surface area contributed by atoms with Gasteiger partial charge >= 0.3 is 5.97 Å². The second-order valence-corrected chi connectivity index (χ2v) is 12.2. The lowest BCUT2D eigenvalue weighted by Crippen LogP contribution is -2.61. The Hall–Kier alpha value is -4.60. The van der Waals surface area contributed by atoms with Gasteiger partial charge in [-0.25, -0.2) is 4.79 Å². The quantitative estimate of drug-likeness (QED) is 0.146. The third-order valence-corrected chi connectivity index (χ3v) is 9.52. The molecule has 4 heterocycles. The lowest BCUT2D eigenvalue weighted by Gasteiger charge is -2.49. The number of methoxy groups -OCH3 is 2. The normalized spacial score (nSPS) is 30.7. The first kappa shape index (κ1) is 34.3. The molecule has 0 aromatic heterocycles. The highest BCUT2D eigenvalue weighted by atomic mass is 16.8. The maximum Gasteiger partial charge on any atom is 0.331 e. The predicted molar refractivity (Wildman–Crippen MR) is 170 cm³/mol. The fourth-order valence-corrected chi connectivity index (χ4v) is 6.95. The number of aliphatic hydroxyl groups is 3. The van der Waals surface area contributed by atoms with Crippen LogP contribution in [0.15, 0.2) is 60.9 Å². The Morgan fingerprint density at radius 1 is 1.06 bits per heavy atom. The van der Waals surface area contributed by atoms with E-state index in [1.807, 2.05) is 0 Å².